The van der Waals surface area contributed by atoms with Crippen molar-refractivity contribution in [3.05, 3.63) is 22.8 Å². The first kappa shape index (κ1) is 13.2. The van der Waals surface area contributed by atoms with Gasteiger partial charge in [0.25, 0.3) is 0 Å². The highest BCUT2D eigenvalue weighted by atomic mass is 19.4. The van der Waals surface area contributed by atoms with Crippen LogP contribution in [0.1, 0.15) is 29.7 Å². The number of rotatable bonds is 3. The summed E-state index contributed by atoms with van der Waals surface area (Å²) in [6.07, 6.45) is -3.97. The van der Waals surface area contributed by atoms with Crippen LogP contribution in [0.25, 0.3) is 0 Å². The summed E-state index contributed by atoms with van der Waals surface area (Å²) in [6, 6.07) is 0. The number of halogens is 3. The van der Waals surface area contributed by atoms with Crippen molar-refractivity contribution in [3.63, 3.8) is 0 Å². The highest BCUT2D eigenvalue weighted by Crippen LogP contribution is 2.32. The molecule has 4 nitrogen and oxygen atoms in total. The number of nitrogens with one attached hydrogen (secondary N) is 1. The lowest BCUT2D eigenvalue weighted by Crippen LogP contribution is -2.29. The van der Waals surface area contributed by atoms with Gasteiger partial charge in [-0.05, 0) is 6.92 Å². The molecule has 0 unspecified atom stereocenters. The van der Waals surface area contributed by atoms with E-state index in [2.05, 4.69) is 15.3 Å². The fourth-order valence-corrected chi connectivity index (χ4v) is 1.89. The first-order chi connectivity index (χ1) is 8.52. The number of alkyl halides is 3. The third-order valence-corrected chi connectivity index (χ3v) is 2.68. The summed E-state index contributed by atoms with van der Waals surface area (Å²) in [5.74, 6) is 0.102. The molecule has 1 aromatic rings. The van der Waals surface area contributed by atoms with Crippen LogP contribution in [-0.4, -0.2) is 23.1 Å². The van der Waals surface area contributed by atoms with E-state index in [1.165, 1.54) is 0 Å². The van der Waals surface area contributed by atoms with Gasteiger partial charge in [0.2, 0.25) is 0 Å². The van der Waals surface area contributed by atoms with Crippen LogP contribution >= 0.6 is 0 Å². The van der Waals surface area contributed by atoms with Crippen LogP contribution in [0.2, 0.25) is 0 Å². The molecule has 0 radical (unpaired) electrons. The Bertz CT molecular complexity index is 434. The summed E-state index contributed by atoms with van der Waals surface area (Å²) >= 11 is 0. The van der Waals surface area contributed by atoms with Crippen molar-refractivity contribution in [2.45, 2.75) is 32.7 Å². The topological polar surface area (TPSA) is 47.0 Å². The van der Waals surface area contributed by atoms with Crippen LogP contribution in [0.4, 0.5) is 13.2 Å². The molecular formula is C11H14F3N3O. The molecule has 1 N–H and O–H groups in total. The monoisotopic (exact) mass is 261 g/mol. The Hall–Kier alpha value is -1.21. The molecule has 1 aromatic heterocycles. The first-order valence-corrected chi connectivity index (χ1v) is 5.76. The predicted molar refractivity (Wildman–Crippen MR) is 57.8 cm³/mol. The lowest BCUT2D eigenvalue weighted by atomic mass is 10.0. The van der Waals surface area contributed by atoms with E-state index in [4.69, 9.17) is 4.74 Å². The van der Waals surface area contributed by atoms with E-state index in [0.717, 1.165) is 0 Å². The SMILES string of the molecule is CCOCc1nc2c(c(C(F)(F)F)n1)CNCC2. The van der Waals surface area contributed by atoms with Gasteiger partial charge in [0.05, 0.1) is 5.69 Å². The smallest absolute Gasteiger partial charge is 0.374 e. The van der Waals surface area contributed by atoms with Gasteiger partial charge < -0.3 is 10.1 Å². The molecule has 2 heterocycles. The minimum absolute atomic E-state index is 0.0142. The number of nitrogens with zero attached hydrogens (tertiary/aromatic N) is 2. The Morgan fingerprint density at radius 1 is 1.33 bits per heavy atom. The lowest BCUT2D eigenvalue weighted by Gasteiger charge is -2.21. The van der Waals surface area contributed by atoms with E-state index in [-0.39, 0.29) is 24.5 Å². The van der Waals surface area contributed by atoms with Crippen molar-refractivity contribution in [2.75, 3.05) is 13.2 Å². The van der Waals surface area contributed by atoms with Gasteiger partial charge in [0, 0.05) is 31.7 Å². The van der Waals surface area contributed by atoms with E-state index in [1.807, 2.05) is 0 Å². The maximum atomic E-state index is 12.9. The molecular weight excluding hydrogens is 247 g/mol. The zero-order chi connectivity index (χ0) is 13.2. The molecule has 2 rings (SSSR count). The van der Waals surface area contributed by atoms with Crippen molar-refractivity contribution in [2.24, 2.45) is 0 Å². The van der Waals surface area contributed by atoms with Gasteiger partial charge in [-0.1, -0.05) is 0 Å². The molecule has 0 saturated carbocycles. The van der Waals surface area contributed by atoms with E-state index in [1.54, 1.807) is 6.92 Å². The molecule has 0 aromatic carbocycles. The molecule has 0 fully saturated rings. The Labute approximate surface area is 103 Å². The van der Waals surface area contributed by atoms with E-state index in [9.17, 15) is 13.2 Å². The fraction of sp³-hybridized carbons (Fsp3) is 0.636. The molecule has 7 heteroatoms. The molecule has 0 amide bonds. The Balaban J connectivity index is 2.41. The summed E-state index contributed by atoms with van der Waals surface area (Å²) in [5, 5.41) is 2.90. The largest absolute Gasteiger partial charge is 0.433 e. The van der Waals surface area contributed by atoms with Crippen LogP contribution in [0.3, 0.4) is 0 Å². The van der Waals surface area contributed by atoms with E-state index in [0.29, 0.717) is 25.3 Å². The van der Waals surface area contributed by atoms with Gasteiger partial charge in [-0.15, -0.1) is 0 Å². The molecule has 0 spiro atoms. The third-order valence-electron chi connectivity index (χ3n) is 2.68. The Morgan fingerprint density at radius 2 is 2.11 bits per heavy atom. The van der Waals surface area contributed by atoms with Crippen LogP contribution in [0.15, 0.2) is 0 Å². The molecule has 18 heavy (non-hydrogen) atoms. The standard InChI is InChI=1S/C11H14F3N3O/c1-2-18-6-9-16-8-3-4-15-5-7(8)10(17-9)11(12,13)14/h15H,2-6H2,1H3. The molecule has 100 valence electrons. The van der Waals surface area contributed by atoms with Crippen molar-refractivity contribution in [3.8, 4) is 0 Å². The molecule has 0 atom stereocenters. The highest BCUT2D eigenvalue weighted by Gasteiger charge is 2.37. The average Bonchev–Trinajstić information content (AvgIpc) is 2.34. The number of aromatic nitrogens is 2. The van der Waals surface area contributed by atoms with Crippen molar-refractivity contribution < 1.29 is 17.9 Å². The van der Waals surface area contributed by atoms with Crippen molar-refractivity contribution in [1.82, 2.24) is 15.3 Å². The third kappa shape index (κ3) is 2.78. The van der Waals surface area contributed by atoms with Crippen molar-refractivity contribution >= 4 is 0 Å². The molecule has 0 bridgehead atoms. The van der Waals surface area contributed by atoms with Crippen molar-refractivity contribution in [1.29, 1.82) is 0 Å². The van der Waals surface area contributed by atoms with Gasteiger partial charge in [0.15, 0.2) is 11.5 Å². The van der Waals surface area contributed by atoms with E-state index >= 15 is 0 Å². The normalized spacial score (nSPS) is 15.6. The Morgan fingerprint density at radius 3 is 2.78 bits per heavy atom. The number of hydrogen-bond acceptors (Lipinski definition) is 4. The van der Waals surface area contributed by atoms with E-state index < -0.39 is 11.9 Å². The second kappa shape index (κ2) is 5.19. The van der Waals surface area contributed by atoms with Crippen LogP contribution in [0, 0.1) is 0 Å². The van der Waals surface area contributed by atoms with Gasteiger partial charge in [-0.3, -0.25) is 0 Å². The second-order valence-electron chi connectivity index (χ2n) is 3.98. The fourth-order valence-electron chi connectivity index (χ4n) is 1.89. The average molecular weight is 261 g/mol. The van der Waals surface area contributed by atoms with Gasteiger partial charge >= 0.3 is 6.18 Å². The second-order valence-corrected chi connectivity index (χ2v) is 3.98. The highest BCUT2D eigenvalue weighted by molar-refractivity contribution is 5.30. The summed E-state index contributed by atoms with van der Waals surface area (Å²) in [6.45, 7) is 3.01. The molecule has 0 aliphatic carbocycles. The number of ether oxygens (including phenoxy) is 1. The lowest BCUT2D eigenvalue weighted by molar-refractivity contribution is -0.142. The molecule has 1 aliphatic rings. The first-order valence-electron chi connectivity index (χ1n) is 5.76. The Kier molecular flexibility index (Phi) is 3.82. The minimum Gasteiger partial charge on any atom is -0.374 e. The summed E-state index contributed by atoms with van der Waals surface area (Å²) in [4.78, 5) is 7.74. The summed E-state index contributed by atoms with van der Waals surface area (Å²) in [5.41, 5.74) is -0.200. The summed E-state index contributed by atoms with van der Waals surface area (Å²) < 4.78 is 43.8. The molecule has 1 aliphatic heterocycles. The predicted octanol–water partition coefficient (Wildman–Crippen LogP) is 1.68. The van der Waals surface area contributed by atoms with Gasteiger partial charge in [-0.25, -0.2) is 9.97 Å². The quantitative estimate of drug-likeness (QED) is 0.899. The number of fused-ring (bicyclic) bond motifs is 1. The zero-order valence-corrected chi connectivity index (χ0v) is 9.97. The minimum atomic E-state index is -4.45. The maximum absolute atomic E-state index is 12.9. The van der Waals surface area contributed by atoms with Crippen LogP contribution in [-0.2, 0) is 30.5 Å². The van der Waals surface area contributed by atoms with Crippen LogP contribution < -0.4 is 5.32 Å². The summed E-state index contributed by atoms with van der Waals surface area (Å²) in [7, 11) is 0. The maximum Gasteiger partial charge on any atom is 0.433 e. The van der Waals surface area contributed by atoms with Gasteiger partial charge in [0.1, 0.15) is 6.61 Å². The number of hydrogen-bond donors (Lipinski definition) is 1. The van der Waals surface area contributed by atoms with Gasteiger partial charge in [-0.2, -0.15) is 13.2 Å². The molecule has 0 saturated heterocycles. The van der Waals surface area contributed by atoms with Crippen LogP contribution in [0.5, 0.6) is 0 Å². The zero-order valence-electron chi connectivity index (χ0n) is 9.97.